The lowest BCUT2D eigenvalue weighted by molar-refractivity contribution is 0.0909. The molecule has 1 aromatic heterocycles. The number of nitrogens with one attached hydrogen (secondary N) is 3. The molecular weight excluding hydrogens is 406 g/mol. The summed E-state index contributed by atoms with van der Waals surface area (Å²) in [6, 6.07) is 16.8. The number of benzene rings is 2. The maximum atomic E-state index is 12.8. The van der Waals surface area contributed by atoms with E-state index in [1.165, 1.54) is 6.07 Å². The van der Waals surface area contributed by atoms with Crippen LogP contribution in [0.25, 0.3) is 0 Å². The number of aromatic nitrogens is 1. The Morgan fingerprint density at radius 2 is 1.50 bits per heavy atom. The molecule has 3 aromatic rings. The van der Waals surface area contributed by atoms with Gasteiger partial charge in [0.25, 0.3) is 17.4 Å². The van der Waals surface area contributed by atoms with E-state index in [1.807, 2.05) is 19.9 Å². The van der Waals surface area contributed by atoms with Crippen LogP contribution in [0.1, 0.15) is 57.0 Å². The van der Waals surface area contributed by atoms with Crippen molar-refractivity contribution in [3.05, 3.63) is 93.4 Å². The van der Waals surface area contributed by atoms with Crippen molar-refractivity contribution in [1.82, 2.24) is 4.98 Å². The Morgan fingerprint density at radius 1 is 0.844 bits per heavy atom. The minimum atomic E-state index is -0.627. The first-order chi connectivity index (χ1) is 15.2. The molecule has 1 aliphatic carbocycles. The maximum Gasteiger partial charge on any atom is 0.261 e. The standard InChI is InChI=1S/C25H23N3O4/c1-25(2)13-20-18(21(29)14-25)12-19(24(32)28-20)23(31)27-17-10-6-9-16(11-17)26-22(30)15-7-4-3-5-8-15/h3-12H,13-14H2,1-2H3,(H,26,30)(H,27,31)(H,28,32). The van der Waals surface area contributed by atoms with Gasteiger partial charge in [0.15, 0.2) is 5.78 Å². The smallest absolute Gasteiger partial charge is 0.261 e. The van der Waals surface area contributed by atoms with Crippen LogP contribution in [0.15, 0.2) is 65.5 Å². The molecule has 0 saturated carbocycles. The second-order valence-corrected chi connectivity index (χ2v) is 8.70. The number of carbonyl (C=O) groups is 3. The van der Waals surface area contributed by atoms with Gasteiger partial charge in [-0.3, -0.25) is 19.2 Å². The lowest BCUT2D eigenvalue weighted by Crippen LogP contribution is -2.32. The van der Waals surface area contributed by atoms with Crippen molar-refractivity contribution in [3.63, 3.8) is 0 Å². The Morgan fingerprint density at radius 3 is 2.19 bits per heavy atom. The molecule has 1 heterocycles. The highest BCUT2D eigenvalue weighted by Crippen LogP contribution is 2.33. The van der Waals surface area contributed by atoms with E-state index in [-0.39, 0.29) is 22.7 Å². The van der Waals surface area contributed by atoms with Gasteiger partial charge in [0, 0.05) is 34.6 Å². The predicted octanol–water partition coefficient (Wildman–Crippen LogP) is 4.03. The van der Waals surface area contributed by atoms with E-state index < -0.39 is 11.5 Å². The van der Waals surface area contributed by atoms with Gasteiger partial charge in [-0.15, -0.1) is 0 Å². The number of aromatic amines is 1. The number of Topliss-reactive ketones (excluding diaryl/α,β-unsaturated/α-hetero) is 1. The molecule has 2 aromatic carbocycles. The summed E-state index contributed by atoms with van der Waals surface area (Å²) in [4.78, 5) is 52.9. The highest BCUT2D eigenvalue weighted by molar-refractivity contribution is 6.08. The van der Waals surface area contributed by atoms with Crippen molar-refractivity contribution in [2.45, 2.75) is 26.7 Å². The third kappa shape index (κ3) is 4.51. The number of rotatable bonds is 4. The fourth-order valence-electron chi connectivity index (χ4n) is 3.86. The lowest BCUT2D eigenvalue weighted by Gasteiger charge is -2.29. The molecule has 0 bridgehead atoms. The van der Waals surface area contributed by atoms with Crippen LogP contribution in [-0.2, 0) is 6.42 Å². The van der Waals surface area contributed by atoms with Crippen molar-refractivity contribution in [3.8, 4) is 0 Å². The molecule has 7 heteroatoms. The summed E-state index contributed by atoms with van der Waals surface area (Å²) >= 11 is 0. The number of amides is 2. The first-order valence-electron chi connectivity index (χ1n) is 10.3. The quantitative estimate of drug-likeness (QED) is 0.582. The molecule has 0 spiro atoms. The molecule has 1 aliphatic rings. The summed E-state index contributed by atoms with van der Waals surface area (Å²) in [6.45, 7) is 3.94. The molecule has 2 amide bonds. The second-order valence-electron chi connectivity index (χ2n) is 8.70. The topological polar surface area (TPSA) is 108 Å². The number of pyridine rings is 1. The van der Waals surface area contributed by atoms with Gasteiger partial charge in [-0.05, 0) is 48.2 Å². The third-order valence-corrected chi connectivity index (χ3v) is 5.38. The van der Waals surface area contributed by atoms with Crippen molar-refractivity contribution in [2.75, 3.05) is 10.6 Å². The van der Waals surface area contributed by atoms with Crippen LogP contribution >= 0.6 is 0 Å². The molecule has 3 N–H and O–H groups in total. The van der Waals surface area contributed by atoms with Gasteiger partial charge < -0.3 is 15.6 Å². The molecule has 0 fully saturated rings. The van der Waals surface area contributed by atoms with E-state index in [2.05, 4.69) is 15.6 Å². The molecule has 162 valence electrons. The summed E-state index contributed by atoms with van der Waals surface area (Å²) in [5.41, 5.74) is 1.46. The maximum absolute atomic E-state index is 12.8. The van der Waals surface area contributed by atoms with Crippen LogP contribution in [-0.4, -0.2) is 22.6 Å². The number of carbonyl (C=O) groups excluding carboxylic acids is 3. The molecule has 7 nitrogen and oxygen atoms in total. The van der Waals surface area contributed by atoms with Crippen LogP contribution in [0.4, 0.5) is 11.4 Å². The molecule has 4 rings (SSSR count). The monoisotopic (exact) mass is 429 g/mol. The normalized spacial score (nSPS) is 14.4. The number of fused-ring (bicyclic) bond motifs is 1. The molecule has 0 saturated heterocycles. The van der Waals surface area contributed by atoms with Crippen molar-refractivity contribution in [1.29, 1.82) is 0 Å². The van der Waals surface area contributed by atoms with Gasteiger partial charge >= 0.3 is 0 Å². The van der Waals surface area contributed by atoms with E-state index in [1.54, 1.807) is 48.5 Å². The number of hydrogen-bond donors (Lipinski definition) is 3. The fraction of sp³-hybridized carbons (Fsp3) is 0.200. The Hall–Kier alpha value is -4.00. The van der Waals surface area contributed by atoms with Gasteiger partial charge in [0.2, 0.25) is 0 Å². The average molecular weight is 429 g/mol. The third-order valence-electron chi connectivity index (χ3n) is 5.38. The predicted molar refractivity (Wildman–Crippen MR) is 122 cm³/mol. The van der Waals surface area contributed by atoms with Crippen molar-refractivity contribution < 1.29 is 14.4 Å². The summed E-state index contributed by atoms with van der Waals surface area (Å²) in [6.07, 6.45) is 0.921. The fourth-order valence-corrected chi connectivity index (χ4v) is 3.86. The van der Waals surface area contributed by atoms with Crippen LogP contribution in [0, 0.1) is 5.41 Å². The van der Waals surface area contributed by atoms with Gasteiger partial charge in [0.1, 0.15) is 5.56 Å². The van der Waals surface area contributed by atoms with E-state index in [0.29, 0.717) is 41.0 Å². The van der Waals surface area contributed by atoms with Gasteiger partial charge in [-0.1, -0.05) is 38.1 Å². The SMILES string of the molecule is CC1(C)CC(=O)c2cc(C(=O)Nc3cccc(NC(=O)c4ccccc4)c3)c(=O)[nH]c2C1. The van der Waals surface area contributed by atoms with E-state index in [9.17, 15) is 19.2 Å². The number of anilines is 2. The summed E-state index contributed by atoms with van der Waals surface area (Å²) in [5, 5.41) is 5.44. The Kier molecular flexibility index (Phi) is 5.48. The Balaban J connectivity index is 1.53. The zero-order valence-electron chi connectivity index (χ0n) is 17.8. The summed E-state index contributed by atoms with van der Waals surface area (Å²) < 4.78 is 0. The molecule has 0 atom stereocenters. The average Bonchev–Trinajstić information content (AvgIpc) is 2.73. The molecule has 32 heavy (non-hydrogen) atoms. The Labute approximate surface area is 184 Å². The highest BCUT2D eigenvalue weighted by atomic mass is 16.2. The van der Waals surface area contributed by atoms with Crippen molar-refractivity contribution >= 4 is 29.0 Å². The summed E-state index contributed by atoms with van der Waals surface area (Å²) in [7, 11) is 0. The largest absolute Gasteiger partial charge is 0.325 e. The number of ketones is 1. The first-order valence-corrected chi connectivity index (χ1v) is 10.3. The van der Waals surface area contributed by atoms with Crippen LogP contribution in [0.3, 0.4) is 0 Å². The highest BCUT2D eigenvalue weighted by Gasteiger charge is 2.32. The second kappa shape index (κ2) is 8.26. The first kappa shape index (κ1) is 21.2. The molecule has 0 unspecified atom stereocenters. The number of H-pyrrole nitrogens is 1. The van der Waals surface area contributed by atoms with Crippen LogP contribution < -0.4 is 16.2 Å². The van der Waals surface area contributed by atoms with Crippen LogP contribution in [0.5, 0.6) is 0 Å². The van der Waals surface area contributed by atoms with Gasteiger partial charge in [-0.2, -0.15) is 0 Å². The zero-order valence-corrected chi connectivity index (χ0v) is 17.8. The zero-order chi connectivity index (χ0) is 22.9. The van der Waals surface area contributed by atoms with Gasteiger partial charge in [0.05, 0.1) is 0 Å². The minimum absolute atomic E-state index is 0.0906. The number of hydrogen-bond acceptors (Lipinski definition) is 4. The molecular formula is C25H23N3O4. The lowest BCUT2D eigenvalue weighted by atomic mass is 9.75. The van der Waals surface area contributed by atoms with E-state index in [4.69, 9.17) is 0 Å². The van der Waals surface area contributed by atoms with Crippen LogP contribution in [0.2, 0.25) is 0 Å². The minimum Gasteiger partial charge on any atom is -0.325 e. The Bertz CT molecular complexity index is 1280. The summed E-state index contributed by atoms with van der Waals surface area (Å²) in [5.74, 6) is -0.993. The van der Waals surface area contributed by atoms with E-state index in [0.717, 1.165) is 0 Å². The van der Waals surface area contributed by atoms with Crippen molar-refractivity contribution in [2.24, 2.45) is 5.41 Å². The van der Waals surface area contributed by atoms with Gasteiger partial charge in [-0.25, -0.2) is 0 Å². The van der Waals surface area contributed by atoms with E-state index >= 15 is 0 Å². The molecule has 0 radical (unpaired) electrons. The molecule has 0 aliphatic heterocycles.